The molecule has 1 amide bonds. The number of para-hydroxylation sites is 1. The number of ketones is 1. The molecule has 6 nitrogen and oxygen atoms in total. The standard InChI is InChI=1S/C27H31N3O3/c1-17(25-24(33-2)11-10-18-6-5-9-23(31)26(18)25)29-14-12-19(13-15-29)30-16-21(27(28)32)20-7-3-4-8-22(20)30/h3-4,7-8,10-11,16-17,19H,5-6,9,12-15H2,1-2H3,(H2,28,32). The Morgan fingerprint density at radius 2 is 1.88 bits per heavy atom. The van der Waals surface area contributed by atoms with E-state index >= 15 is 0 Å². The number of nitrogens with two attached hydrogens (primary N) is 1. The minimum atomic E-state index is -0.387. The molecule has 0 radical (unpaired) electrons. The van der Waals surface area contributed by atoms with Crippen molar-refractivity contribution in [3.63, 3.8) is 0 Å². The van der Waals surface area contributed by atoms with E-state index in [1.54, 1.807) is 7.11 Å². The van der Waals surface area contributed by atoms with Crippen LogP contribution in [0.4, 0.5) is 0 Å². The summed E-state index contributed by atoms with van der Waals surface area (Å²) in [5.41, 5.74) is 10.4. The summed E-state index contributed by atoms with van der Waals surface area (Å²) in [6, 6.07) is 12.4. The fourth-order valence-electron chi connectivity index (χ4n) is 5.78. The van der Waals surface area contributed by atoms with E-state index in [0.29, 0.717) is 18.0 Å². The molecular weight excluding hydrogens is 414 g/mol. The summed E-state index contributed by atoms with van der Waals surface area (Å²) in [5.74, 6) is 0.660. The molecule has 5 rings (SSSR count). The molecule has 1 aromatic heterocycles. The van der Waals surface area contributed by atoms with Gasteiger partial charge in [0.25, 0.3) is 5.91 Å². The van der Waals surface area contributed by atoms with Crippen LogP contribution < -0.4 is 10.5 Å². The maximum atomic E-state index is 12.9. The number of fused-ring (bicyclic) bond motifs is 2. The molecule has 0 saturated carbocycles. The average molecular weight is 446 g/mol. The van der Waals surface area contributed by atoms with Crippen molar-refractivity contribution in [3.8, 4) is 5.75 Å². The molecule has 1 atom stereocenters. The zero-order valence-electron chi connectivity index (χ0n) is 19.3. The third kappa shape index (κ3) is 3.72. The Kier molecular flexibility index (Phi) is 5.71. The number of likely N-dealkylation sites (tertiary alicyclic amines) is 1. The Morgan fingerprint density at radius 1 is 1.12 bits per heavy atom. The molecule has 2 aliphatic rings. The van der Waals surface area contributed by atoms with Crippen LogP contribution in [0.5, 0.6) is 5.75 Å². The first kappa shape index (κ1) is 21.7. The van der Waals surface area contributed by atoms with E-state index in [2.05, 4.69) is 28.5 Å². The Balaban J connectivity index is 1.40. The first-order chi connectivity index (χ1) is 16.0. The van der Waals surface area contributed by atoms with Crippen molar-refractivity contribution in [2.75, 3.05) is 20.2 Å². The van der Waals surface area contributed by atoms with Crippen molar-refractivity contribution in [1.29, 1.82) is 0 Å². The number of methoxy groups -OCH3 is 1. The van der Waals surface area contributed by atoms with Gasteiger partial charge in [-0.05, 0) is 50.3 Å². The van der Waals surface area contributed by atoms with Gasteiger partial charge in [-0.25, -0.2) is 0 Å². The lowest BCUT2D eigenvalue weighted by Crippen LogP contribution is -2.37. The van der Waals surface area contributed by atoms with Crippen LogP contribution >= 0.6 is 0 Å². The quantitative estimate of drug-likeness (QED) is 0.619. The van der Waals surface area contributed by atoms with Crippen LogP contribution in [0.1, 0.15) is 76.5 Å². The molecule has 1 saturated heterocycles. The summed E-state index contributed by atoms with van der Waals surface area (Å²) in [4.78, 5) is 27.3. The molecule has 1 aliphatic carbocycles. The number of ether oxygens (including phenoxy) is 1. The molecule has 172 valence electrons. The molecule has 3 aromatic rings. The van der Waals surface area contributed by atoms with Gasteiger partial charge < -0.3 is 15.0 Å². The number of benzene rings is 2. The maximum absolute atomic E-state index is 12.9. The van der Waals surface area contributed by atoms with Gasteiger partial charge in [0.1, 0.15) is 5.75 Å². The largest absolute Gasteiger partial charge is 0.496 e. The third-order valence-corrected chi connectivity index (χ3v) is 7.50. The number of hydrogen-bond acceptors (Lipinski definition) is 4. The summed E-state index contributed by atoms with van der Waals surface area (Å²) >= 11 is 0. The third-order valence-electron chi connectivity index (χ3n) is 7.50. The zero-order chi connectivity index (χ0) is 23.1. The number of amides is 1. The highest BCUT2D eigenvalue weighted by atomic mass is 16.5. The van der Waals surface area contributed by atoms with Crippen LogP contribution in [-0.4, -0.2) is 41.4 Å². The summed E-state index contributed by atoms with van der Waals surface area (Å²) in [6.45, 7) is 4.01. The molecule has 2 heterocycles. The van der Waals surface area contributed by atoms with Crippen molar-refractivity contribution in [1.82, 2.24) is 9.47 Å². The Bertz CT molecular complexity index is 1220. The number of piperidine rings is 1. The number of hydrogen-bond donors (Lipinski definition) is 1. The van der Waals surface area contributed by atoms with Gasteiger partial charge >= 0.3 is 0 Å². The van der Waals surface area contributed by atoms with E-state index < -0.39 is 0 Å². The lowest BCUT2D eigenvalue weighted by Gasteiger charge is -2.38. The summed E-state index contributed by atoms with van der Waals surface area (Å²) < 4.78 is 7.94. The average Bonchev–Trinajstić information content (AvgIpc) is 3.23. The Labute approximate surface area is 194 Å². The van der Waals surface area contributed by atoms with Crippen molar-refractivity contribution in [2.45, 2.75) is 51.1 Å². The SMILES string of the molecule is COc1ccc2c(c1C(C)N1CCC(n3cc(C(N)=O)c4ccccc43)CC1)C(=O)CCC2. The number of carbonyl (C=O) groups is 2. The van der Waals surface area contributed by atoms with Crippen molar-refractivity contribution in [2.24, 2.45) is 5.73 Å². The van der Waals surface area contributed by atoms with E-state index in [4.69, 9.17) is 10.5 Å². The van der Waals surface area contributed by atoms with Gasteiger partial charge in [-0.1, -0.05) is 24.3 Å². The number of aromatic nitrogens is 1. The summed E-state index contributed by atoms with van der Waals surface area (Å²) in [5, 5.41) is 0.917. The van der Waals surface area contributed by atoms with Gasteiger partial charge in [-0.2, -0.15) is 0 Å². The van der Waals surface area contributed by atoms with E-state index in [1.165, 1.54) is 0 Å². The number of carbonyl (C=O) groups excluding carboxylic acids is 2. The van der Waals surface area contributed by atoms with Gasteiger partial charge in [0.2, 0.25) is 0 Å². The lowest BCUT2D eigenvalue weighted by molar-refractivity contribution is 0.0961. The normalized spacial score (nSPS) is 18.3. The Hall–Kier alpha value is -3.12. The molecule has 0 spiro atoms. The molecule has 2 N–H and O–H groups in total. The van der Waals surface area contributed by atoms with Gasteiger partial charge in [-0.3, -0.25) is 14.5 Å². The first-order valence-corrected chi connectivity index (χ1v) is 11.9. The minimum absolute atomic E-state index is 0.0977. The predicted octanol–water partition coefficient (Wildman–Crippen LogP) is 4.67. The monoisotopic (exact) mass is 445 g/mol. The molecule has 0 bridgehead atoms. The second kappa shape index (κ2) is 8.67. The number of nitrogens with zero attached hydrogens (tertiary/aromatic N) is 2. The van der Waals surface area contributed by atoms with Gasteiger partial charge in [0.05, 0.1) is 12.7 Å². The van der Waals surface area contributed by atoms with Crippen LogP contribution in [0.25, 0.3) is 10.9 Å². The minimum Gasteiger partial charge on any atom is -0.496 e. The van der Waals surface area contributed by atoms with Crippen LogP contribution in [-0.2, 0) is 6.42 Å². The van der Waals surface area contributed by atoms with Crippen LogP contribution in [0, 0.1) is 0 Å². The van der Waals surface area contributed by atoms with Crippen molar-refractivity contribution < 1.29 is 14.3 Å². The molecular formula is C27H31N3O3. The maximum Gasteiger partial charge on any atom is 0.250 e. The first-order valence-electron chi connectivity index (χ1n) is 11.9. The number of Topliss-reactive ketones (excluding diaryl/α,β-unsaturated/α-hetero) is 1. The fraction of sp³-hybridized carbons (Fsp3) is 0.407. The number of rotatable bonds is 5. The highest BCUT2D eigenvalue weighted by Crippen LogP contribution is 2.40. The van der Waals surface area contributed by atoms with E-state index in [9.17, 15) is 9.59 Å². The Morgan fingerprint density at radius 3 is 2.61 bits per heavy atom. The number of primary amides is 1. The number of aryl methyl sites for hydroxylation is 1. The summed E-state index contributed by atoms with van der Waals surface area (Å²) in [6.07, 6.45) is 6.35. The van der Waals surface area contributed by atoms with Crippen LogP contribution in [0.2, 0.25) is 0 Å². The van der Waals surface area contributed by atoms with Gasteiger partial charge in [-0.15, -0.1) is 0 Å². The molecule has 1 unspecified atom stereocenters. The van der Waals surface area contributed by atoms with Crippen LogP contribution in [0.15, 0.2) is 42.6 Å². The molecule has 1 fully saturated rings. The van der Waals surface area contributed by atoms with Crippen molar-refractivity contribution >= 4 is 22.6 Å². The smallest absolute Gasteiger partial charge is 0.250 e. The topological polar surface area (TPSA) is 77.6 Å². The van der Waals surface area contributed by atoms with E-state index in [-0.39, 0.29) is 17.7 Å². The molecule has 6 heteroatoms. The lowest BCUT2D eigenvalue weighted by atomic mass is 9.84. The second-order valence-electron chi connectivity index (χ2n) is 9.27. The zero-order valence-corrected chi connectivity index (χ0v) is 19.3. The molecule has 33 heavy (non-hydrogen) atoms. The molecule has 1 aliphatic heterocycles. The fourth-order valence-corrected chi connectivity index (χ4v) is 5.78. The summed E-state index contributed by atoms with van der Waals surface area (Å²) in [7, 11) is 1.69. The second-order valence-corrected chi connectivity index (χ2v) is 9.27. The van der Waals surface area contributed by atoms with Gasteiger partial charge in [0, 0.05) is 59.8 Å². The highest BCUT2D eigenvalue weighted by Gasteiger charge is 2.32. The molecule has 2 aromatic carbocycles. The van der Waals surface area contributed by atoms with Gasteiger partial charge in [0.15, 0.2) is 5.78 Å². The van der Waals surface area contributed by atoms with E-state index in [1.807, 2.05) is 30.5 Å². The van der Waals surface area contributed by atoms with Crippen LogP contribution in [0.3, 0.4) is 0 Å². The van der Waals surface area contributed by atoms with Crippen molar-refractivity contribution in [3.05, 3.63) is 64.8 Å². The van der Waals surface area contributed by atoms with E-state index in [0.717, 1.165) is 72.1 Å². The highest BCUT2D eigenvalue weighted by molar-refractivity contribution is 6.06. The predicted molar refractivity (Wildman–Crippen MR) is 129 cm³/mol.